The third kappa shape index (κ3) is 3.07. The summed E-state index contributed by atoms with van der Waals surface area (Å²) in [5, 5.41) is 8.06. The van der Waals surface area contributed by atoms with E-state index in [4.69, 9.17) is 4.74 Å². The van der Waals surface area contributed by atoms with Crippen LogP contribution in [0.4, 0.5) is 0 Å². The number of rotatable bonds is 4. The first-order chi connectivity index (χ1) is 12.2. The monoisotopic (exact) mass is 336 g/mol. The molecule has 1 fully saturated rings. The van der Waals surface area contributed by atoms with Gasteiger partial charge in [-0.25, -0.2) is 4.68 Å². The van der Waals surface area contributed by atoms with Crippen LogP contribution < -0.4 is 4.74 Å². The maximum atomic E-state index is 13.0. The Bertz CT molecular complexity index is 891. The van der Waals surface area contributed by atoms with Crippen molar-refractivity contribution >= 4 is 16.9 Å². The van der Waals surface area contributed by atoms with Gasteiger partial charge in [-0.15, -0.1) is 5.10 Å². The maximum Gasteiger partial charge on any atom is 0.254 e. The second-order valence-corrected chi connectivity index (χ2v) is 6.34. The number of fused-ring (bicyclic) bond motifs is 1. The van der Waals surface area contributed by atoms with E-state index in [1.54, 1.807) is 4.68 Å². The molecule has 1 aromatic heterocycles. The molecule has 2 aromatic carbocycles. The number of ether oxygens (including phenoxy) is 1. The van der Waals surface area contributed by atoms with E-state index in [0.29, 0.717) is 12.2 Å². The lowest BCUT2D eigenvalue weighted by Crippen LogP contribution is -2.39. The Balaban J connectivity index is 1.50. The second-order valence-electron chi connectivity index (χ2n) is 6.34. The number of nitrogens with zero attached hydrogens (tertiary/aromatic N) is 4. The highest BCUT2D eigenvalue weighted by Crippen LogP contribution is 2.23. The fourth-order valence-corrected chi connectivity index (χ4v) is 3.31. The van der Waals surface area contributed by atoms with Crippen LogP contribution in [0, 0.1) is 0 Å². The maximum absolute atomic E-state index is 13.0. The highest BCUT2D eigenvalue weighted by Gasteiger charge is 2.30. The first-order valence-electron chi connectivity index (χ1n) is 8.50. The van der Waals surface area contributed by atoms with Crippen LogP contribution in [0.2, 0.25) is 0 Å². The van der Waals surface area contributed by atoms with Crippen LogP contribution in [0.5, 0.6) is 5.75 Å². The van der Waals surface area contributed by atoms with Crippen molar-refractivity contribution in [3.8, 4) is 5.75 Å². The molecule has 1 unspecified atom stereocenters. The quantitative estimate of drug-likeness (QED) is 0.735. The Kier molecular flexibility index (Phi) is 4.09. The van der Waals surface area contributed by atoms with Gasteiger partial charge in [0.15, 0.2) is 0 Å². The normalized spacial score (nSPS) is 17.2. The molecule has 0 aliphatic carbocycles. The fourth-order valence-electron chi connectivity index (χ4n) is 3.31. The lowest BCUT2D eigenvalue weighted by molar-refractivity contribution is 0.0691. The lowest BCUT2D eigenvalue weighted by atomic mass is 10.1. The number of carbonyl (C=O) groups excluding carboxylic acids is 1. The van der Waals surface area contributed by atoms with E-state index in [0.717, 1.165) is 36.2 Å². The molecule has 1 amide bonds. The van der Waals surface area contributed by atoms with Crippen LogP contribution in [-0.2, 0) is 7.05 Å². The van der Waals surface area contributed by atoms with Gasteiger partial charge in [0.2, 0.25) is 0 Å². The molecule has 6 heteroatoms. The molecular formula is C19H20N4O2. The minimum Gasteiger partial charge on any atom is -0.491 e. The van der Waals surface area contributed by atoms with Gasteiger partial charge in [0, 0.05) is 19.2 Å². The van der Waals surface area contributed by atoms with Crippen molar-refractivity contribution in [1.82, 2.24) is 19.9 Å². The number of para-hydroxylation sites is 1. The minimum absolute atomic E-state index is 0.0438. The number of amides is 1. The average Bonchev–Trinajstić information content (AvgIpc) is 3.27. The number of aryl methyl sites for hydroxylation is 1. The van der Waals surface area contributed by atoms with Gasteiger partial charge in [0.25, 0.3) is 5.91 Å². The van der Waals surface area contributed by atoms with Gasteiger partial charge in [-0.3, -0.25) is 4.79 Å². The molecular weight excluding hydrogens is 316 g/mol. The average molecular weight is 336 g/mol. The molecule has 0 saturated carbocycles. The smallest absolute Gasteiger partial charge is 0.254 e. The van der Waals surface area contributed by atoms with E-state index in [-0.39, 0.29) is 11.9 Å². The predicted molar refractivity (Wildman–Crippen MR) is 94.5 cm³/mol. The molecule has 2 heterocycles. The predicted octanol–water partition coefficient (Wildman–Crippen LogP) is 2.65. The van der Waals surface area contributed by atoms with E-state index < -0.39 is 0 Å². The van der Waals surface area contributed by atoms with Gasteiger partial charge in [-0.1, -0.05) is 23.4 Å². The van der Waals surface area contributed by atoms with E-state index in [1.807, 2.05) is 60.5 Å². The van der Waals surface area contributed by atoms with Crippen molar-refractivity contribution in [3.05, 3.63) is 54.1 Å². The van der Waals surface area contributed by atoms with Crippen molar-refractivity contribution < 1.29 is 9.53 Å². The molecule has 0 spiro atoms. The third-order valence-electron chi connectivity index (χ3n) is 4.68. The van der Waals surface area contributed by atoms with E-state index >= 15 is 0 Å². The number of carbonyl (C=O) groups is 1. The largest absolute Gasteiger partial charge is 0.491 e. The van der Waals surface area contributed by atoms with Crippen LogP contribution in [0.25, 0.3) is 11.0 Å². The van der Waals surface area contributed by atoms with Crippen molar-refractivity contribution in [2.24, 2.45) is 7.05 Å². The summed E-state index contributed by atoms with van der Waals surface area (Å²) in [6, 6.07) is 15.4. The number of benzene rings is 2. The fraction of sp³-hybridized carbons (Fsp3) is 0.316. The first-order valence-corrected chi connectivity index (χ1v) is 8.50. The highest BCUT2D eigenvalue weighted by molar-refractivity contribution is 5.97. The Hall–Kier alpha value is -2.89. The minimum atomic E-state index is 0.0438. The van der Waals surface area contributed by atoms with Crippen molar-refractivity contribution in [3.63, 3.8) is 0 Å². The number of hydrogen-bond donors (Lipinski definition) is 0. The number of hydrogen-bond acceptors (Lipinski definition) is 4. The molecule has 1 aliphatic heterocycles. The summed E-state index contributed by atoms with van der Waals surface area (Å²) in [5.41, 5.74) is 2.33. The molecule has 3 aromatic rings. The van der Waals surface area contributed by atoms with Crippen molar-refractivity contribution in [1.29, 1.82) is 0 Å². The van der Waals surface area contributed by atoms with Crippen molar-refractivity contribution in [2.75, 3.05) is 13.2 Å². The molecule has 1 saturated heterocycles. The van der Waals surface area contributed by atoms with Crippen LogP contribution in [-0.4, -0.2) is 45.0 Å². The van der Waals surface area contributed by atoms with Gasteiger partial charge in [-0.2, -0.15) is 0 Å². The highest BCUT2D eigenvalue weighted by atomic mass is 16.5. The van der Waals surface area contributed by atoms with E-state index in [9.17, 15) is 4.79 Å². The lowest BCUT2D eigenvalue weighted by Gasteiger charge is -2.25. The molecule has 25 heavy (non-hydrogen) atoms. The zero-order valence-electron chi connectivity index (χ0n) is 14.1. The summed E-state index contributed by atoms with van der Waals surface area (Å²) in [6.45, 7) is 1.29. The molecule has 0 bridgehead atoms. The van der Waals surface area contributed by atoms with Gasteiger partial charge < -0.3 is 9.64 Å². The first kappa shape index (κ1) is 15.6. The topological polar surface area (TPSA) is 60.2 Å². The molecule has 1 aliphatic rings. The summed E-state index contributed by atoms with van der Waals surface area (Å²) < 4.78 is 7.55. The van der Waals surface area contributed by atoms with Crippen molar-refractivity contribution in [2.45, 2.75) is 18.9 Å². The molecule has 0 radical (unpaired) electrons. The standard InChI is InChI=1S/C19H20N4O2/c1-22-18-12-14(9-10-17(18)20-21-22)19(24)23-11-5-6-15(23)13-25-16-7-3-2-4-8-16/h2-4,7-10,12,15H,5-6,11,13H2,1H3. The summed E-state index contributed by atoms with van der Waals surface area (Å²) in [7, 11) is 1.83. The van der Waals surface area contributed by atoms with Crippen LogP contribution in [0.3, 0.4) is 0 Å². The Morgan fingerprint density at radius 1 is 1.24 bits per heavy atom. The van der Waals surface area contributed by atoms with Gasteiger partial charge in [-0.05, 0) is 43.2 Å². The molecule has 0 N–H and O–H groups in total. The Morgan fingerprint density at radius 2 is 2.08 bits per heavy atom. The van der Waals surface area contributed by atoms with Crippen LogP contribution in [0.1, 0.15) is 23.2 Å². The number of aromatic nitrogens is 3. The van der Waals surface area contributed by atoms with Crippen LogP contribution in [0.15, 0.2) is 48.5 Å². The second kappa shape index (κ2) is 6.55. The van der Waals surface area contributed by atoms with Gasteiger partial charge in [0.1, 0.15) is 17.9 Å². The van der Waals surface area contributed by atoms with Gasteiger partial charge in [0.05, 0.1) is 11.6 Å². The van der Waals surface area contributed by atoms with Gasteiger partial charge >= 0.3 is 0 Å². The zero-order chi connectivity index (χ0) is 17.2. The molecule has 4 rings (SSSR count). The number of likely N-dealkylation sites (tertiary alicyclic amines) is 1. The third-order valence-corrected chi connectivity index (χ3v) is 4.68. The SMILES string of the molecule is Cn1nnc2ccc(C(=O)N3CCCC3COc3ccccc3)cc21. The van der Waals surface area contributed by atoms with Crippen LogP contribution >= 0.6 is 0 Å². The van der Waals surface area contributed by atoms with E-state index in [1.165, 1.54) is 0 Å². The Morgan fingerprint density at radius 3 is 2.92 bits per heavy atom. The molecule has 128 valence electrons. The summed E-state index contributed by atoms with van der Waals surface area (Å²) in [4.78, 5) is 14.9. The zero-order valence-corrected chi connectivity index (χ0v) is 14.1. The molecule has 6 nitrogen and oxygen atoms in total. The Labute approximate surface area is 146 Å². The summed E-state index contributed by atoms with van der Waals surface area (Å²) >= 11 is 0. The summed E-state index contributed by atoms with van der Waals surface area (Å²) in [6.07, 6.45) is 1.97. The molecule has 1 atom stereocenters. The summed E-state index contributed by atoms with van der Waals surface area (Å²) in [5.74, 6) is 0.881. The van der Waals surface area contributed by atoms with E-state index in [2.05, 4.69) is 10.3 Å².